The monoisotopic (exact) mass is 302 g/mol. The lowest BCUT2D eigenvalue weighted by Crippen LogP contribution is -2.17. The summed E-state index contributed by atoms with van der Waals surface area (Å²) in [6.45, 7) is 3.82. The van der Waals surface area contributed by atoms with Crippen molar-refractivity contribution in [3.05, 3.63) is 59.5 Å². The average molecular weight is 303 g/mol. The first kappa shape index (κ1) is 15.5. The smallest absolute Gasteiger partial charge is 0.0734 e. The third kappa shape index (κ3) is 3.60. The largest absolute Gasteiger partial charge is 0.312 e. The van der Waals surface area contributed by atoms with Crippen LogP contribution in [-0.4, -0.2) is 21.7 Å². The molecule has 0 saturated carbocycles. The number of aromatic nitrogens is 3. The third-order valence-electron chi connectivity index (χ3n) is 3.54. The van der Waals surface area contributed by atoms with Crippen molar-refractivity contribution in [1.82, 2.24) is 20.5 Å². The zero-order chi connectivity index (χ0) is 13.8. The van der Waals surface area contributed by atoms with Crippen molar-refractivity contribution in [2.75, 3.05) is 6.54 Å². The fourth-order valence-corrected chi connectivity index (χ4v) is 2.37. The van der Waals surface area contributed by atoms with Crippen LogP contribution in [0.3, 0.4) is 0 Å². The van der Waals surface area contributed by atoms with E-state index >= 15 is 0 Å². The molecule has 5 heteroatoms. The van der Waals surface area contributed by atoms with Crippen molar-refractivity contribution in [2.45, 2.75) is 19.9 Å². The van der Waals surface area contributed by atoms with Gasteiger partial charge < -0.3 is 5.32 Å². The van der Waals surface area contributed by atoms with Gasteiger partial charge in [0.2, 0.25) is 0 Å². The zero-order valence-corrected chi connectivity index (χ0v) is 12.8. The molecule has 0 atom stereocenters. The van der Waals surface area contributed by atoms with E-state index in [1.165, 1.54) is 16.5 Å². The lowest BCUT2D eigenvalue weighted by atomic mass is 10.1. The standard InChI is InChI=1S/C16H18N4.ClH/c1-12-15(11-19-20-12)10-17-9-7-14-5-2-4-13-6-3-8-18-16(13)14;/h2-6,8,11,17H,7,9-10H2,1H3,(H,19,20);1H. The van der Waals surface area contributed by atoms with Gasteiger partial charge in [-0.05, 0) is 31.5 Å². The molecule has 110 valence electrons. The first-order valence-electron chi connectivity index (χ1n) is 6.87. The summed E-state index contributed by atoms with van der Waals surface area (Å²) < 4.78 is 0. The number of halogens is 1. The molecule has 21 heavy (non-hydrogen) atoms. The molecule has 0 fully saturated rings. The van der Waals surface area contributed by atoms with Gasteiger partial charge in [0.15, 0.2) is 0 Å². The van der Waals surface area contributed by atoms with Gasteiger partial charge in [-0.15, -0.1) is 12.4 Å². The number of hydrogen-bond donors (Lipinski definition) is 2. The number of nitrogens with zero attached hydrogens (tertiary/aromatic N) is 2. The minimum Gasteiger partial charge on any atom is -0.312 e. The Morgan fingerprint density at radius 1 is 1.14 bits per heavy atom. The molecular weight excluding hydrogens is 284 g/mol. The number of nitrogens with one attached hydrogen (secondary N) is 2. The Hall–Kier alpha value is -1.91. The second-order valence-corrected chi connectivity index (χ2v) is 4.94. The van der Waals surface area contributed by atoms with Crippen LogP contribution in [0.5, 0.6) is 0 Å². The second kappa shape index (κ2) is 7.20. The van der Waals surface area contributed by atoms with Gasteiger partial charge in [-0.1, -0.05) is 24.3 Å². The van der Waals surface area contributed by atoms with E-state index in [0.29, 0.717) is 0 Å². The van der Waals surface area contributed by atoms with Crippen LogP contribution in [0.1, 0.15) is 16.8 Å². The van der Waals surface area contributed by atoms with E-state index in [0.717, 1.165) is 30.7 Å². The Morgan fingerprint density at radius 2 is 2.00 bits per heavy atom. The number of H-pyrrole nitrogens is 1. The highest BCUT2D eigenvalue weighted by Gasteiger charge is 2.02. The summed E-state index contributed by atoms with van der Waals surface area (Å²) >= 11 is 0. The number of benzene rings is 1. The summed E-state index contributed by atoms with van der Waals surface area (Å²) in [5, 5.41) is 11.6. The van der Waals surface area contributed by atoms with Gasteiger partial charge in [0, 0.05) is 29.4 Å². The fourth-order valence-electron chi connectivity index (χ4n) is 2.37. The molecule has 3 rings (SSSR count). The lowest BCUT2D eigenvalue weighted by Gasteiger charge is -2.07. The summed E-state index contributed by atoms with van der Waals surface area (Å²) in [5.74, 6) is 0. The summed E-state index contributed by atoms with van der Waals surface area (Å²) in [6, 6.07) is 10.4. The van der Waals surface area contributed by atoms with Crippen LogP contribution < -0.4 is 5.32 Å². The van der Waals surface area contributed by atoms with Crippen molar-refractivity contribution in [3.8, 4) is 0 Å². The summed E-state index contributed by atoms with van der Waals surface area (Å²) in [6.07, 6.45) is 4.71. The molecule has 2 N–H and O–H groups in total. The number of rotatable bonds is 5. The number of hydrogen-bond acceptors (Lipinski definition) is 3. The predicted octanol–water partition coefficient (Wildman–Crippen LogP) is 3.02. The summed E-state index contributed by atoms with van der Waals surface area (Å²) in [7, 11) is 0. The highest BCUT2D eigenvalue weighted by Crippen LogP contribution is 2.16. The normalized spacial score (nSPS) is 10.5. The molecule has 0 saturated heterocycles. The van der Waals surface area contributed by atoms with Crippen molar-refractivity contribution < 1.29 is 0 Å². The number of fused-ring (bicyclic) bond motifs is 1. The molecular formula is C16H19ClN4. The number of pyridine rings is 1. The maximum Gasteiger partial charge on any atom is 0.0734 e. The number of para-hydroxylation sites is 1. The van der Waals surface area contributed by atoms with Crippen molar-refractivity contribution in [2.24, 2.45) is 0 Å². The van der Waals surface area contributed by atoms with Crippen LogP contribution in [0.4, 0.5) is 0 Å². The van der Waals surface area contributed by atoms with Crippen molar-refractivity contribution in [3.63, 3.8) is 0 Å². The van der Waals surface area contributed by atoms with Crippen molar-refractivity contribution in [1.29, 1.82) is 0 Å². The molecule has 1 aromatic carbocycles. The number of aromatic amines is 1. The number of aryl methyl sites for hydroxylation is 1. The molecule has 0 amide bonds. The molecule has 0 aliphatic carbocycles. The molecule has 2 aromatic heterocycles. The minimum atomic E-state index is 0. The predicted molar refractivity (Wildman–Crippen MR) is 87.7 cm³/mol. The van der Waals surface area contributed by atoms with Crippen LogP contribution in [0.2, 0.25) is 0 Å². The van der Waals surface area contributed by atoms with Crippen LogP contribution in [0.15, 0.2) is 42.7 Å². The Balaban J connectivity index is 0.00000161. The van der Waals surface area contributed by atoms with E-state index in [1.54, 1.807) is 0 Å². The van der Waals surface area contributed by atoms with E-state index in [4.69, 9.17) is 0 Å². The van der Waals surface area contributed by atoms with Crippen LogP contribution in [0, 0.1) is 6.92 Å². The quantitative estimate of drug-likeness (QED) is 0.712. The second-order valence-electron chi connectivity index (χ2n) is 4.94. The van der Waals surface area contributed by atoms with Gasteiger partial charge in [0.1, 0.15) is 0 Å². The van der Waals surface area contributed by atoms with E-state index in [9.17, 15) is 0 Å². The maximum absolute atomic E-state index is 4.48. The van der Waals surface area contributed by atoms with Crippen molar-refractivity contribution >= 4 is 23.3 Å². The minimum absolute atomic E-state index is 0. The molecule has 0 aliphatic rings. The molecule has 0 aliphatic heterocycles. The average Bonchev–Trinajstić information content (AvgIpc) is 2.89. The Kier molecular flexibility index (Phi) is 5.31. The Bertz CT molecular complexity index is 703. The SMILES string of the molecule is Cc1[nH]ncc1CNCCc1cccc2cccnc12.Cl. The first-order chi connectivity index (χ1) is 9.84. The van der Waals surface area contributed by atoms with Gasteiger partial charge in [-0.2, -0.15) is 5.10 Å². The van der Waals surface area contributed by atoms with Gasteiger partial charge >= 0.3 is 0 Å². The molecule has 0 spiro atoms. The summed E-state index contributed by atoms with van der Waals surface area (Å²) in [4.78, 5) is 4.48. The first-order valence-corrected chi connectivity index (χ1v) is 6.87. The molecule has 4 nitrogen and oxygen atoms in total. The topological polar surface area (TPSA) is 53.6 Å². The van der Waals surface area contributed by atoms with E-state index in [2.05, 4.69) is 44.8 Å². The Morgan fingerprint density at radius 3 is 2.81 bits per heavy atom. The fraction of sp³-hybridized carbons (Fsp3) is 0.250. The molecule has 0 bridgehead atoms. The van der Waals surface area contributed by atoms with Crippen LogP contribution in [0.25, 0.3) is 10.9 Å². The van der Waals surface area contributed by atoms with Gasteiger partial charge in [-0.3, -0.25) is 10.1 Å². The zero-order valence-electron chi connectivity index (χ0n) is 12.0. The van der Waals surface area contributed by atoms with Crippen LogP contribution in [-0.2, 0) is 13.0 Å². The lowest BCUT2D eigenvalue weighted by molar-refractivity contribution is 0.686. The molecule has 0 unspecified atom stereocenters. The third-order valence-corrected chi connectivity index (χ3v) is 3.54. The van der Waals surface area contributed by atoms with E-state index in [1.807, 2.05) is 25.4 Å². The molecule has 2 heterocycles. The summed E-state index contributed by atoms with van der Waals surface area (Å²) in [5.41, 5.74) is 4.75. The molecule has 0 radical (unpaired) electrons. The highest BCUT2D eigenvalue weighted by atomic mass is 35.5. The van der Waals surface area contributed by atoms with Gasteiger partial charge in [-0.25, -0.2) is 0 Å². The van der Waals surface area contributed by atoms with Gasteiger partial charge in [0.05, 0.1) is 11.7 Å². The molecule has 3 aromatic rings. The van der Waals surface area contributed by atoms with Gasteiger partial charge in [0.25, 0.3) is 0 Å². The maximum atomic E-state index is 4.48. The Labute approximate surface area is 130 Å². The van der Waals surface area contributed by atoms with Crippen LogP contribution >= 0.6 is 12.4 Å². The highest BCUT2D eigenvalue weighted by molar-refractivity contribution is 5.85. The van der Waals surface area contributed by atoms with E-state index < -0.39 is 0 Å². The van der Waals surface area contributed by atoms with E-state index in [-0.39, 0.29) is 12.4 Å².